The second-order valence-electron chi connectivity index (χ2n) is 4.78. The lowest BCUT2D eigenvalue weighted by Crippen LogP contribution is -2.38. The van der Waals surface area contributed by atoms with Crippen molar-refractivity contribution in [2.75, 3.05) is 32.0 Å². The van der Waals surface area contributed by atoms with Gasteiger partial charge in [-0.1, -0.05) is 12.1 Å². The number of ether oxygens (including phenoxy) is 1. The summed E-state index contributed by atoms with van der Waals surface area (Å²) in [6.07, 6.45) is 1.46. The molecule has 8 nitrogen and oxygen atoms in total. The molecule has 8 heteroatoms. The van der Waals surface area contributed by atoms with Gasteiger partial charge in [0.25, 0.3) is 5.89 Å². The molecule has 2 aromatic rings. The molecule has 2 aromatic heterocycles. The summed E-state index contributed by atoms with van der Waals surface area (Å²) in [4.78, 5) is 6.68. The fraction of sp³-hybridized carbons (Fsp3) is 0.583. The van der Waals surface area contributed by atoms with Crippen LogP contribution < -0.4 is 5.73 Å². The number of likely N-dealkylation sites (N-methyl/N-ethyl adjacent to an activating group) is 1. The number of nitrogens with zero attached hydrogens (tertiary/aromatic N) is 5. The van der Waals surface area contributed by atoms with E-state index in [1.54, 1.807) is 17.9 Å². The standard InChI is InChI=1S/C12H18N6O2/c1-3-18-4-5-19-9(7-18)11-15-12(20-16-11)8-6-14-17(2)10(8)13/h6,9H,3-5,7,13H2,1-2H3. The van der Waals surface area contributed by atoms with Gasteiger partial charge in [0.15, 0.2) is 0 Å². The maximum absolute atomic E-state index is 5.90. The van der Waals surface area contributed by atoms with Gasteiger partial charge in [0, 0.05) is 20.1 Å². The van der Waals surface area contributed by atoms with Gasteiger partial charge in [0.2, 0.25) is 5.82 Å². The summed E-state index contributed by atoms with van der Waals surface area (Å²) in [5.41, 5.74) is 6.55. The smallest absolute Gasteiger partial charge is 0.263 e. The van der Waals surface area contributed by atoms with Crippen molar-refractivity contribution in [2.24, 2.45) is 7.05 Å². The molecule has 0 spiro atoms. The largest absolute Gasteiger partial charge is 0.383 e. The molecule has 0 bridgehead atoms. The Balaban J connectivity index is 1.81. The van der Waals surface area contributed by atoms with Crippen LogP contribution >= 0.6 is 0 Å². The number of hydrogen-bond donors (Lipinski definition) is 1. The van der Waals surface area contributed by atoms with Crippen molar-refractivity contribution >= 4 is 5.82 Å². The first kappa shape index (κ1) is 13.1. The Morgan fingerprint density at radius 3 is 3.05 bits per heavy atom. The van der Waals surface area contributed by atoms with E-state index in [1.807, 2.05) is 0 Å². The number of aromatic nitrogens is 4. The van der Waals surface area contributed by atoms with Crippen LogP contribution in [0.2, 0.25) is 0 Å². The van der Waals surface area contributed by atoms with Crippen LogP contribution in [0.1, 0.15) is 18.9 Å². The normalized spacial score (nSPS) is 20.4. The molecule has 0 aliphatic carbocycles. The fourth-order valence-corrected chi connectivity index (χ4v) is 2.23. The Morgan fingerprint density at radius 2 is 2.35 bits per heavy atom. The van der Waals surface area contributed by atoms with Gasteiger partial charge in [-0.15, -0.1) is 0 Å². The molecule has 0 saturated carbocycles. The van der Waals surface area contributed by atoms with E-state index >= 15 is 0 Å². The maximum atomic E-state index is 5.90. The van der Waals surface area contributed by atoms with Crippen molar-refractivity contribution in [3.63, 3.8) is 0 Å². The van der Waals surface area contributed by atoms with Gasteiger partial charge >= 0.3 is 0 Å². The number of nitrogens with two attached hydrogens (primary N) is 1. The first-order chi connectivity index (χ1) is 9.69. The zero-order chi connectivity index (χ0) is 14.1. The average Bonchev–Trinajstić information content (AvgIpc) is 3.07. The summed E-state index contributed by atoms with van der Waals surface area (Å²) in [5.74, 6) is 1.43. The Bertz CT molecular complexity index is 593. The highest BCUT2D eigenvalue weighted by molar-refractivity contribution is 5.66. The number of nitrogen functional groups attached to an aromatic ring is 1. The van der Waals surface area contributed by atoms with Crippen molar-refractivity contribution in [1.82, 2.24) is 24.8 Å². The Labute approximate surface area is 116 Å². The van der Waals surface area contributed by atoms with Crippen LogP contribution in [-0.2, 0) is 11.8 Å². The Hall–Kier alpha value is -1.93. The van der Waals surface area contributed by atoms with Crippen LogP contribution in [0, 0.1) is 0 Å². The first-order valence-corrected chi connectivity index (χ1v) is 6.64. The molecule has 3 rings (SSSR count). The van der Waals surface area contributed by atoms with E-state index in [0.717, 1.165) is 19.6 Å². The second kappa shape index (κ2) is 5.22. The number of morpholine rings is 1. The molecule has 108 valence electrons. The lowest BCUT2D eigenvalue weighted by atomic mass is 10.2. The quantitative estimate of drug-likeness (QED) is 0.870. The molecule has 0 aromatic carbocycles. The maximum Gasteiger partial charge on any atom is 0.263 e. The van der Waals surface area contributed by atoms with Crippen LogP contribution in [0.5, 0.6) is 0 Å². The van der Waals surface area contributed by atoms with Gasteiger partial charge in [0.1, 0.15) is 17.5 Å². The molecule has 20 heavy (non-hydrogen) atoms. The molecular weight excluding hydrogens is 260 g/mol. The van der Waals surface area contributed by atoms with Crippen LogP contribution in [-0.4, -0.2) is 51.1 Å². The van der Waals surface area contributed by atoms with Gasteiger partial charge < -0.3 is 15.0 Å². The zero-order valence-corrected chi connectivity index (χ0v) is 11.6. The highest BCUT2D eigenvalue weighted by atomic mass is 16.5. The van der Waals surface area contributed by atoms with Crippen LogP contribution in [0.3, 0.4) is 0 Å². The molecule has 1 fully saturated rings. The third kappa shape index (κ3) is 2.27. The molecule has 3 heterocycles. The average molecular weight is 278 g/mol. The summed E-state index contributed by atoms with van der Waals surface area (Å²) >= 11 is 0. The number of rotatable bonds is 3. The third-order valence-corrected chi connectivity index (χ3v) is 3.54. The van der Waals surface area contributed by atoms with Crippen molar-refractivity contribution in [3.05, 3.63) is 12.0 Å². The predicted molar refractivity (Wildman–Crippen MR) is 71.7 cm³/mol. The van der Waals surface area contributed by atoms with Crippen molar-refractivity contribution in [1.29, 1.82) is 0 Å². The summed E-state index contributed by atoms with van der Waals surface area (Å²) in [6.45, 7) is 5.50. The summed E-state index contributed by atoms with van der Waals surface area (Å²) < 4.78 is 12.5. The van der Waals surface area contributed by atoms with E-state index < -0.39 is 0 Å². The molecule has 1 unspecified atom stereocenters. The van der Waals surface area contributed by atoms with E-state index in [4.69, 9.17) is 15.0 Å². The van der Waals surface area contributed by atoms with Crippen molar-refractivity contribution < 1.29 is 9.26 Å². The van der Waals surface area contributed by atoms with E-state index in [0.29, 0.717) is 29.7 Å². The van der Waals surface area contributed by atoms with Gasteiger partial charge in [-0.3, -0.25) is 9.58 Å². The van der Waals surface area contributed by atoms with Crippen molar-refractivity contribution in [3.8, 4) is 11.5 Å². The summed E-state index contributed by atoms with van der Waals surface area (Å²) in [6, 6.07) is 0. The van der Waals surface area contributed by atoms with Gasteiger partial charge in [-0.25, -0.2) is 0 Å². The van der Waals surface area contributed by atoms with Gasteiger partial charge in [-0.2, -0.15) is 10.1 Å². The number of aryl methyl sites for hydroxylation is 1. The SMILES string of the molecule is CCN1CCOC(c2noc(-c3cnn(C)c3N)n2)C1. The van der Waals surface area contributed by atoms with E-state index in [9.17, 15) is 0 Å². The van der Waals surface area contributed by atoms with Crippen LogP contribution in [0.25, 0.3) is 11.5 Å². The third-order valence-electron chi connectivity index (χ3n) is 3.54. The van der Waals surface area contributed by atoms with Crippen LogP contribution in [0.4, 0.5) is 5.82 Å². The lowest BCUT2D eigenvalue weighted by molar-refractivity contribution is -0.0334. The van der Waals surface area contributed by atoms with Crippen LogP contribution in [0.15, 0.2) is 10.7 Å². The Kier molecular flexibility index (Phi) is 3.41. The topological polar surface area (TPSA) is 95.2 Å². The molecule has 2 N–H and O–H groups in total. The second-order valence-corrected chi connectivity index (χ2v) is 4.78. The highest BCUT2D eigenvalue weighted by Gasteiger charge is 2.26. The molecule has 0 radical (unpaired) electrons. The molecule has 0 amide bonds. The molecular formula is C12H18N6O2. The number of hydrogen-bond acceptors (Lipinski definition) is 7. The minimum atomic E-state index is -0.154. The molecule has 1 aliphatic heterocycles. The molecule has 1 saturated heterocycles. The van der Waals surface area contributed by atoms with Gasteiger partial charge in [-0.05, 0) is 6.54 Å². The summed E-state index contributed by atoms with van der Waals surface area (Å²) in [5, 5.41) is 8.07. The minimum absolute atomic E-state index is 0.154. The molecule has 1 aliphatic rings. The Morgan fingerprint density at radius 1 is 1.50 bits per heavy atom. The highest BCUT2D eigenvalue weighted by Crippen LogP contribution is 2.26. The zero-order valence-electron chi connectivity index (χ0n) is 11.6. The minimum Gasteiger partial charge on any atom is -0.383 e. The fourth-order valence-electron chi connectivity index (χ4n) is 2.23. The predicted octanol–water partition coefficient (Wildman–Crippen LogP) is 0.445. The van der Waals surface area contributed by atoms with Crippen molar-refractivity contribution in [2.45, 2.75) is 13.0 Å². The molecule has 1 atom stereocenters. The van der Waals surface area contributed by atoms with Gasteiger partial charge in [0.05, 0.1) is 12.8 Å². The first-order valence-electron chi connectivity index (χ1n) is 6.64. The van der Waals surface area contributed by atoms with E-state index in [-0.39, 0.29) is 6.10 Å². The van der Waals surface area contributed by atoms with E-state index in [2.05, 4.69) is 27.1 Å². The monoisotopic (exact) mass is 278 g/mol. The summed E-state index contributed by atoms with van der Waals surface area (Å²) in [7, 11) is 1.76. The number of anilines is 1. The van der Waals surface area contributed by atoms with E-state index in [1.165, 1.54) is 0 Å². The lowest BCUT2D eigenvalue weighted by Gasteiger charge is -2.30.